The average molecular weight is 267 g/mol. The fourth-order valence-electron chi connectivity index (χ4n) is 3.54. The van der Waals surface area contributed by atoms with Crippen molar-refractivity contribution >= 4 is 0 Å². The molecule has 112 valence electrons. The SMILES string of the molecule is CCN1CCCN(CC2CCN(C(C)C)CC2)CC1. The molecule has 0 aromatic rings. The minimum Gasteiger partial charge on any atom is -0.302 e. The Bertz CT molecular complexity index is 246. The van der Waals surface area contributed by atoms with Crippen molar-refractivity contribution < 1.29 is 0 Å². The fraction of sp³-hybridized carbons (Fsp3) is 1.00. The maximum atomic E-state index is 2.73. The first kappa shape index (κ1) is 15.3. The minimum atomic E-state index is 0.734. The summed E-state index contributed by atoms with van der Waals surface area (Å²) in [6.45, 7) is 17.3. The summed E-state index contributed by atoms with van der Waals surface area (Å²) in [6.07, 6.45) is 4.18. The van der Waals surface area contributed by atoms with E-state index < -0.39 is 0 Å². The van der Waals surface area contributed by atoms with Crippen LogP contribution in [0.2, 0.25) is 0 Å². The van der Waals surface area contributed by atoms with E-state index in [-0.39, 0.29) is 0 Å². The molecule has 0 N–H and O–H groups in total. The Morgan fingerprint density at radius 3 is 2.16 bits per heavy atom. The van der Waals surface area contributed by atoms with Gasteiger partial charge in [0.1, 0.15) is 0 Å². The number of hydrogen-bond acceptors (Lipinski definition) is 3. The van der Waals surface area contributed by atoms with Crippen LogP contribution in [0.5, 0.6) is 0 Å². The first-order valence-electron chi connectivity index (χ1n) is 8.37. The highest BCUT2D eigenvalue weighted by Gasteiger charge is 2.23. The van der Waals surface area contributed by atoms with Gasteiger partial charge in [-0.25, -0.2) is 0 Å². The number of nitrogens with zero attached hydrogens (tertiary/aromatic N) is 3. The maximum absolute atomic E-state index is 2.73. The van der Waals surface area contributed by atoms with Gasteiger partial charge in [-0.05, 0) is 71.8 Å². The summed E-state index contributed by atoms with van der Waals surface area (Å²) in [7, 11) is 0. The van der Waals surface area contributed by atoms with Gasteiger partial charge in [-0.2, -0.15) is 0 Å². The molecule has 2 heterocycles. The van der Waals surface area contributed by atoms with E-state index in [0.717, 1.165) is 12.0 Å². The molecule has 0 aromatic carbocycles. The molecular weight excluding hydrogens is 234 g/mol. The third kappa shape index (κ3) is 4.73. The van der Waals surface area contributed by atoms with E-state index in [1.54, 1.807) is 0 Å². The maximum Gasteiger partial charge on any atom is 0.0109 e. The predicted molar refractivity (Wildman–Crippen MR) is 82.6 cm³/mol. The van der Waals surface area contributed by atoms with Gasteiger partial charge in [-0.3, -0.25) is 0 Å². The Hall–Kier alpha value is -0.120. The van der Waals surface area contributed by atoms with Crippen LogP contribution >= 0.6 is 0 Å². The Morgan fingerprint density at radius 1 is 0.895 bits per heavy atom. The molecule has 2 saturated heterocycles. The van der Waals surface area contributed by atoms with Crippen molar-refractivity contribution in [2.75, 3.05) is 52.4 Å². The van der Waals surface area contributed by atoms with E-state index in [1.807, 2.05) is 0 Å². The van der Waals surface area contributed by atoms with Crippen molar-refractivity contribution in [2.24, 2.45) is 5.92 Å². The van der Waals surface area contributed by atoms with Crippen molar-refractivity contribution in [3.8, 4) is 0 Å². The van der Waals surface area contributed by atoms with Crippen molar-refractivity contribution in [1.29, 1.82) is 0 Å². The molecule has 0 atom stereocenters. The topological polar surface area (TPSA) is 9.72 Å². The van der Waals surface area contributed by atoms with Gasteiger partial charge in [-0.15, -0.1) is 0 Å². The number of piperidine rings is 1. The van der Waals surface area contributed by atoms with Crippen LogP contribution in [0.4, 0.5) is 0 Å². The third-order valence-electron chi connectivity index (χ3n) is 5.02. The zero-order valence-corrected chi connectivity index (χ0v) is 13.3. The number of hydrogen-bond donors (Lipinski definition) is 0. The van der Waals surface area contributed by atoms with Gasteiger partial charge < -0.3 is 14.7 Å². The molecule has 0 aliphatic carbocycles. The largest absolute Gasteiger partial charge is 0.302 e. The number of likely N-dealkylation sites (N-methyl/N-ethyl adjacent to an activating group) is 1. The van der Waals surface area contributed by atoms with Crippen LogP contribution in [0.3, 0.4) is 0 Å². The van der Waals surface area contributed by atoms with Crippen LogP contribution in [0.1, 0.15) is 40.0 Å². The Kier molecular flexibility index (Phi) is 6.11. The summed E-state index contributed by atoms with van der Waals surface area (Å²) >= 11 is 0. The fourth-order valence-corrected chi connectivity index (χ4v) is 3.54. The van der Waals surface area contributed by atoms with Crippen molar-refractivity contribution in [3.05, 3.63) is 0 Å². The van der Waals surface area contributed by atoms with Crippen LogP contribution in [-0.4, -0.2) is 73.1 Å². The normalized spacial score (nSPS) is 25.9. The first-order valence-corrected chi connectivity index (χ1v) is 8.37. The molecule has 0 unspecified atom stereocenters. The van der Waals surface area contributed by atoms with E-state index in [4.69, 9.17) is 0 Å². The molecule has 0 saturated carbocycles. The second-order valence-corrected chi connectivity index (χ2v) is 6.66. The van der Waals surface area contributed by atoms with Crippen LogP contribution in [0.25, 0.3) is 0 Å². The van der Waals surface area contributed by atoms with Crippen LogP contribution in [-0.2, 0) is 0 Å². The minimum absolute atomic E-state index is 0.734. The highest BCUT2D eigenvalue weighted by molar-refractivity contribution is 4.78. The number of rotatable bonds is 4. The van der Waals surface area contributed by atoms with E-state index in [1.165, 1.54) is 71.6 Å². The molecule has 2 fully saturated rings. The number of likely N-dealkylation sites (tertiary alicyclic amines) is 1. The highest BCUT2D eigenvalue weighted by atomic mass is 15.2. The van der Waals surface area contributed by atoms with Gasteiger partial charge in [0.2, 0.25) is 0 Å². The summed E-state index contributed by atoms with van der Waals surface area (Å²) in [5, 5.41) is 0. The second kappa shape index (κ2) is 7.61. The van der Waals surface area contributed by atoms with Gasteiger partial charge in [0.15, 0.2) is 0 Å². The van der Waals surface area contributed by atoms with E-state index >= 15 is 0 Å². The van der Waals surface area contributed by atoms with E-state index in [2.05, 4.69) is 35.5 Å². The van der Waals surface area contributed by atoms with Crippen LogP contribution in [0, 0.1) is 5.92 Å². The zero-order valence-electron chi connectivity index (χ0n) is 13.3. The summed E-state index contributed by atoms with van der Waals surface area (Å²) < 4.78 is 0. The van der Waals surface area contributed by atoms with Crippen LogP contribution < -0.4 is 0 Å². The van der Waals surface area contributed by atoms with E-state index in [0.29, 0.717) is 0 Å². The second-order valence-electron chi connectivity index (χ2n) is 6.66. The highest BCUT2D eigenvalue weighted by Crippen LogP contribution is 2.20. The lowest BCUT2D eigenvalue weighted by atomic mass is 9.95. The molecule has 3 nitrogen and oxygen atoms in total. The van der Waals surface area contributed by atoms with Gasteiger partial charge in [0, 0.05) is 25.7 Å². The molecule has 3 heteroatoms. The lowest BCUT2D eigenvalue weighted by molar-refractivity contribution is 0.122. The first-order chi connectivity index (χ1) is 9.19. The van der Waals surface area contributed by atoms with Gasteiger partial charge in [0.25, 0.3) is 0 Å². The average Bonchev–Trinajstić information content (AvgIpc) is 2.64. The zero-order chi connectivity index (χ0) is 13.7. The molecule has 0 amide bonds. The summed E-state index contributed by atoms with van der Waals surface area (Å²) in [6, 6.07) is 0.734. The molecule has 0 spiro atoms. The monoisotopic (exact) mass is 267 g/mol. The summed E-state index contributed by atoms with van der Waals surface area (Å²) in [4.78, 5) is 7.96. The third-order valence-corrected chi connectivity index (χ3v) is 5.02. The Morgan fingerprint density at radius 2 is 1.53 bits per heavy atom. The lowest BCUT2D eigenvalue weighted by Gasteiger charge is -2.36. The predicted octanol–water partition coefficient (Wildman–Crippen LogP) is 2.13. The smallest absolute Gasteiger partial charge is 0.0109 e. The Balaban J connectivity index is 1.70. The van der Waals surface area contributed by atoms with Gasteiger partial charge in [0.05, 0.1) is 0 Å². The quantitative estimate of drug-likeness (QED) is 0.773. The van der Waals surface area contributed by atoms with Gasteiger partial charge >= 0.3 is 0 Å². The molecule has 0 aromatic heterocycles. The van der Waals surface area contributed by atoms with E-state index in [9.17, 15) is 0 Å². The molecule has 2 aliphatic rings. The molecular formula is C16H33N3. The molecule has 0 bridgehead atoms. The molecule has 2 aliphatic heterocycles. The van der Waals surface area contributed by atoms with Crippen molar-refractivity contribution in [1.82, 2.24) is 14.7 Å². The van der Waals surface area contributed by atoms with Crippen molar-refractivity contribution in [3.63, 3.8) is 0 Å². The molecule has 19 heavy (non-hydrogen) atoms. The summed E-state index contributed by atoms with van der Waals surface area (Å²) in [5.74, 6) is 0.947. The standard InChI is InChI=1S/C16H33N3/c1-4-17-8-5-9-18(13-12-17)14-16-6-10-19(11-7-16)15(2)3/h15-16H,4-14H2,1-3H3. The molecule has 0 radical (unpaired) electrons. The van der Waals surface area contributed by atoms with Crippen LogP contribution in [0.15, 0.2) is 0 Å². The lowest BCUT2D eigenvalue weighted by Crippen LogP contribution is -2.42. The molecule has 2 rings (SSSR count). The van der Waals surface area contributed by atoms with Crippen molar-refractivity contribution in [2.45, 2.75) is 46.1 Å². The van der Waals surface area contributed by atoms with Gasteiger partial charge in [-0.1, -0.05) is 6.92 Å². The Labute approximate surface area is 119 Å². The summed E-state index contributed by atoms with van der Waals surface area (Å²) in [5.41, 5.74) is 0.